The fourth-order valence-corrected chi connectivity index (χ4v) is 2.62. The van der Waals surface area contributed by atoms with Crippen molar-refractivity contribution in [2.75, 3.05) is 10.6 Å². The van der Waals surface area contributed by atoms with E-state index in [9.17, 15) is 14.4 Å². The zero-order chi connectivity index (χ0) is 18.0. The molecule has 1 aliphatic heterocycles. The summed E-state index contributed by atoms with van der Waals surface area (Å²) in [6.07, 6.45) is 1.88. The molecule has 0 spiro atoms. The molecule has 0 bridgehead atoms. The topological polar surface area (TPSA) is 105 Å². The molecule has 1 aromatic carbocycles. The van der Waals surface area contributed by atoms with Crippen LogP contribution >= 0.6 is 0 Å². The van der Waals surface area contributed by atoms with Crippen LogP contribution in [0.15, 0.2) is 30.5 Å². The first kappa shape index (κ1) is 16.7. The molecule has 1 aromatic heterocycles. The third-order valence-corrected chi connectivity index (χ3v) is 4.22. The molecule has 130 valence electrons. The standard InChI is InChI=1S/C17H19N5O3/c1-10-14(9-18-22(10)2)19-15(23)8-7-13-17(25)20-12-6-4-3-5-11(12)16(24)21-13/h3-6,9,13H,7-8H2,1-2H3,(H,19,23)(H,20,25)(H,21,24). The number of carbonyl (C=O) groups is 3. The van der Waals surface area contributed by atoms with E-state index >= 15 is 0 Å². The van der Waals surface area contributed by atoms with Gasteiger partial charge < -0.3 is 16.0 Å². The number of fused-ring (bicyclic) bond motifs is 1. The Morgan fingerprint density at radius 3 is 2.80 bits per heavy atom. The smallest absolute Gasteiger partial charge is 0.254 e. The Bertz CT molecular complexity index is 843. The van der Waals surface area contributed by atoms with Gasteiger partial charge in [-0.1, -0.05) is 12.1 Å². The SMILES string of the molecule is Cc1c(NC(=O)CCC2NC(=O)c3ccccc3NC2=O)cnn1C. The summed E-state index contributed by atoms with van der Waals surface area (Å²) in [6.45, 7) is 1.85. The summed E-state index contributed by atoms with van der Waals surface area (Å²) in [4.78, 5) is 36.6. The summed E-state index contributed by atoms with van der Waals surface area (Å²) < 4.78 is 1.66. The molecule has 0 saturated heterocycles. The second-order valence-corrected chi connectivity index (χ2v) is 5.91. The van der Waals surface area contributed by atoms with E-state index in [1.807, 2.05) is 6.92 Å². The van der Waals surface area contributed by atoms with Crippen LogP contribution in [0, 0.1) is 6.92 Å². The zero-order valence-electron chi connectivity index (χ0n) is 14.0. The van der Waals surface area contributed by atoms with Crippen molar-refractivity contribution in [3.63, 3.8) is 0 Å². The van der Waals surface area contributed by atoms with Gasteiger partial charge in [0.1, 0.15) is 6.04 Å². The van der Waals surface area contributed by atoms with E-state index < -0.39 is 6.04 Å². The molecule has 3 rings (SSSR count). The predicted octanol–water partition coefficient (Wildman–Crippen LogP) is 1.20. The molecule has 0 radical (unpaired) electrons. The molecule has 1 aliphatic rings. The first-order chi connectivity index (χ1) is 12.0. The van der Waals surface area contributed by atoms with Crippen LogP contribution in [0.5, 0.6) is 0 Å². The van der Waals surface area contributed by atoms with Crippen molar-refractivity contribution < 1.29 is 14.4 Å². The van der Waals surface area contributed by atoms with Gasteiger partial charge in [-0.25, -0.2) is 0 Å². The molecule has 0 fully saturated rings. The second kappa shape index (κ2) is 6.76. The number of aromatic nitrogens is 2. The molecule has 8 nitrogen and oxygen atoms in total. The fraction of sp³-hybridized carbons (Fsp3) is 0.294. The lowest BCUT2D eigenvalue weighted by atomic mass is 10.1. The van der Waals surface area contributed by atoms with Crippen LogP contribution in [0.2, 0.25) is 0 Å². The maximum Gasteiger partial charge on any atom is 0.254 e. The number of rotatable bonds is 4. The molecule has 8 heteroatoms. The quantitative estimate of drug-likeness (QED) is 0.777. The number of para-hydroxylation sites is 1. The van der Waals surface area contributed by atoms with Crippen molar-refractivity contribution >= 4 is 29.1 Å². The molecule has 0 aliphatic carbocycles. The lowest BCUT2D eigenvalue weighted by Crippen LogP contribution is -2.41. The number of nitrogens with zero attached hydrogens (tertiary/aromatic N) is 2. The Kier molecular flexibility index (Phi) is 4.51. The third kappa shape index (κ3) is 3.52. The van der Waals surface area contributed by atoms with Gasteiger partial charge in [-0.15, -0.1) is 0 Å². The van der Waals surface area contributed by atoms with Crippen molar-refractivity contribution in [1.82, 2.24) is 15.1 Å². The summed E-state index contributed by atoms with van der Waals surface area (Å²) in [5.41, 5.74) is 2.36. The van der Waals surface area contributed by atoms with Crippen molar-refractivity contribution in [3.05, 3.63) is 41.7 Å². The van der Waals surface area contributed by atoms with Crippen LogP contribution in [0.25, 0.3) is 0 Å². The highest BCUT2D eigenvalue weighted by Crippen LogP contribution is 2.19. The first-order valence-electron chi connectivity index (χ1n) is 7.95. The van der Waals surface area contributed by atoms with E-state index in [4.69, 9.17) is 0 Å². The van der Waals surface area contributed by atoms with Crippen LogP contribution in [-0.4, -0.2) is 33.5 Å². The van der Waals surface area contributed by atoms with Gasteiger partial charge in [0.15, 0.2) is 0 Å². The maximum absolute atomic E-state index is 12.3. The summed E-state index contributed by atoms with van der Waals surface area (Å²) in [6, 6.07) is 6.03. The van der Waals surface area contributed by atoms with Gasteiger partial charge in [0.2, 0.25) is 11.8 Å². The van der Waals surface area contributed by atoms with Gasteiger partial charge in [0, 0.05) is 13.5 Å². The van der Waals surface area contributed by atoms with E-state index in [-0.39, 0.29) is 30.6 Å². The number of anilines is 2. The zero-order valence-corrected chi connectivity index (χ0v) is 14.0. The highest BCUT2D eigenvalue weighted by Gasteiger charge is 2.27. The van der Waals surface area contributed by atoms with Gasteiger partial charge in [-0.2, -0.15) is 5.10 Å². The molecule has 1 atom stereocenters. The van der Waals surface area contributed by atoms with Crippen LogP contribution in [0.4, 0.5) is 11.4 Å². The monoisotopic (exact) mass is 341 g/mol. The van der Waals surface area contributed by atoms with Gasteiger partial charge in [-0.3, -0.25) is 19.1 Å². The minimum Gasteiger partial charge on any atom is -0.340 e. The largest absolute Gasteiger partial charge is 0.340 e. The van der Waals surface area contributed by atoms with Gasteiger partial charge in [0.05, 0.1) is 28.8 Å². The molecule has 1 unspecified atom stereocenters. The average Bonchev–Trinajstić information content (AvgIpc) is 2.83. The van der Waals surface area contributed by atoms with Crippen LogP contribution < -0.4 is 16.0 Å². The summed E-state index contributed by atoms with van der Waals surface area (Å²) in [5.74, 6) is -0.897. The first-order valence-corrected chi connectivity index (χ1v) is 7.95. The van der Waals surface area contributed by atoms with Crippen molar-refractivity contribution in [3.8, 4) is 0 Å². The Balaban J connectivity index is 1.62. The number of hydrogen-bond donors (Lipinski definition) is 3. The van der Waals surface area contributed by atoms with E-state index in [2.05, 4.69) is 21.0 Å². The van der Waals surface area contributed by atoms with Crippen LogP contribution in [0.3, 0.4) is 0 Å². The van der Waals surface area contributed by atoms with E-state index in [1.54, 1.807) is 42.2 Å². The predicted molar refractivity (Wildman–Crippen MR) is 92.1 cm³/mol. The molecular weight excluding hydrogens is 322 g/mol. The normalized spacial score (nSPS) is 16.5. The lowest BCUT2D eigenvalue weighted by molar-refractivity contribution is -0.118. The number of aryl methyl sites for hydroxylation is 1. The third-order valence-electron chi connectivity index (χ3n) is 4.22. The molecule has 0 saturated carbocycles. The van der Waals surface area contributed by atoms with Crippen molar-refractivity contribution in [2.45, 2.75) is 25.8 Å². The second-order valence-electron chi connectivity index (χ2n) is 5.91. The van der Waals surface area contributed by atoms with E-state index in [0.717, 1.165) is 5.69 Å². The van der Waals surface area contributed by atoms with Crippen molar-refractivity contribution in [1.29, 1.82) is 0 Å². The highest BCUT2D eigenvalue weighted by molar-refractivity contribution is 6.09. The average molecular weight is 341 g/mol. The molecule has 2 aromatic rings. The number of hydrogen-bond acceptors (Lipinski definition) is 4. The van der Waals surface area contributed by atoms with Crippen LogP contribution in [-0.2, 0) is 16.6 Å². The molecule has 3 amide bonds. The van der Waals surface area contributed by atoms with Crippen molar-refractivity contribution in [2.24, 2.45) is 7.05 Å². The van der Waals surface area contributed by atoms with Crippen LogP contribution in [0.1, 0.15) is 28.9 Å². The number of amides is 3. The molecule has 25 heavy (non-hydrogen) atoms. The Labute approximate surface area is 144 Å². The minimum absolute atomic E-state index is 0.100. The maximum atomic E-state index is 12.3. The minimum atomic E-state index is -0.763. The molecule has 3 N–H and O–H groups in total. The van der Waals surface area contributed by atoms with E-state index in [1.165, 1.54) is 0 Å². The number of benzene rings is 1. The van der Waals surface area contributed by atoms with Gasteiger partial charge >= 0.3 is 0 Å². The number of nitrogens with one attached hydrogen (secondary N) is 3. The van der Waals surface area contributed by atoms with Gasteiger partial charge in [-0.05, 0) is 25.5 Å². The van der Waals surface area contributed by atoms with Gasteiger partial charge in [0.25, 0.3) is 5.91 Å². The fourth-order valence-electron chi connectivity index (χ4n) is 2.62. The lowest BCUT2D eigenvalue weighted by Gasteiger charge is -2.14. The summed E-state index contributed by atoms with van der Waals surface area (Å²) in [5, 5.41) is 12.2. The summed E-state index contributed by atoms with van der Waals surface area (Å²) >= 11 is 0. The number of carbonyl (C=O) groups excluding carboxylic acids is 3. The summed E-state index contributed by atoms with van der Waals surface area (Å²) in [7, 11) is 1.79. The van der Waals surface area contributed by atoms with E-state index in [0.29, 0.717) is 16.9 Å². The molecule has 2 heterocycles. The Morgan fingerprint density at radius 2 is 2.08 bits per heavy atom. The highest BCUT2D eigenvalue weighted by atomic mass is 16.2. The Hall–Kier alpha value is -3.16. The Morgan fingerprint density at radius 1 is 1.32 bits per heavy atom. The molecular formula is C17H19N5O3.